The van der Waals surface area contributed by atoms with Crippen molar-refractivity contribution in [2.24, 2.45) is 10.7 Å². The first-order valence-electron chi connectivity index (χ1n) is 12.4. The second-order valence-corrected chi connectivity index (χ2v) is 8.97. The van der Waals surface area contributed by atoms with E-state index in [0.717, 1.165) is 16.7 Å². The van der Waals surface area contributed by atoms with E-state index in [1.165, 1.54) is 4.90 Å². The van der Waals surface area contributed by atoms with Crippen LogP contribution in [0.4, 0.5) is 0 Å². The number of rotatable bonds is 6. The molecule has 186 valence electrons. The van der Waals surface area contributed by atoms with Crippen LogP contribution in [-0.2, 0) is 16.9 Å². The van der Waals surface area contributed by atoms with Gasteiger partial charge in [0.05, 0.1) is 6.54 Å². The smallest absolute Gasteiger partial charge is 0.266 e. The van der Waals surface area contributed by atoms with Crippen LogP contribution < -0.4 is 5.73 Å². The Kier molecular flexibility index (Phi) is 7.09. The highest BCUT2D eigenvalue weighted by molar-refractivity contribution is 6.10. The molecule has 0 unspecified atom stereocenters. The largest absolute Gasteiger partial charge is 0.369 e. The number of nitrogens with zero attached hydrogens (tertiary/aromatic N) is 2. The van der Waals surface area contributed by atoms with E-state index in [1.807, 2.05) is 115 Å². The zero-order valence-corrected chi connectivity index (χ0v) is 20.8. The van der Waals surface area contributed by atoms with Crippen LogP contribution in [0.1, 0.15) is 32.6 Å². The Bertz CT molecular complexity index is 1480. The summed E-state index contributed by atoms with van der Waals surface area (Å²) in [7, 11) is 0. The van der Waals surface area contributed by atoms with Gasteiger partial charge in [-0.3, -0.25) is 14.5 Å². The molecule has 0 aromatic heterocycles. The molecule has 0 fully saturated rings. The third-order valence-electron chi connectivity index (χ3n) is 6.51. The van der Waals surface area contributed by atoms with Crippen molar-refractivity contribution >= 4 is 17.6 Å². The molecule has 5 nitrogen and oxygen atoms in total. The van der Waals surface area contributed by atoms with E-state index in [2.05, 4.69) is 0 Å². The highest BCUT2D eigenvalue weighted by atomic mass is 16.2. The average molecular weight is 498 g/mol. The maximum absolute atomic E-state index is 14.1. The van der Waals surface area contributed by atoms with Gasteiger partial charge < -0.3 is 5.73 Å². The third-order valence-corrected chi connectivity index (χ3v) is 6.51. The van der Waals surface area contributed by atoms with Gasteiger partial charge in [0.25, 0.3) is 5.91 Å². The molecule has 1 heterocycles. The van der Waals surface area contributed by atoms with E-state index in [0.29, 0.717) is 11.1 Å². The minimum absolute atomic E-state index is 0.108. The quantitative estimate of drug-likeness (QED) is 0.350. The van der Waals surface area contributed by atoms with Gasteiger partial charge in [-0.15, -0.1) is 0 Å². The molecule has 5 heteroatoms. The molecule has 0 spiro atoms. The molecular weight excluding hydrogens is 470 g/mol. The number of carbonyl (C=O) groups excluding carboxylic acids is 2. The monoisotopic (exact) mass is 497 g/mol. The van der Waals surface area contributed by atoms with Crippen LogP contribution in [0.2, 0.25) is 0 Å². The fraction of sp³-hybridized carbons (Fsp3) is 0.0606. The van der Waals surface area contributed by atoms with Gasteiger partial charge in [-0.2, -0.15) is 0 Å². The molecule has 4 aromatic rings. The zero-order valence-electron chi connectivity index (χ0n) is 20.8. The van der Waals surface area contributed by atoms with Gasteiger partial charge in [-0.1, -0.05) is 133 Å². The van der Waals surface area contributed by atoms with Gasteiger partial charge in [-0.05, 0) is 22.8 Å². The second-order valence-electron chi connectivity index (χ2n) is 8.97. The Labute approximate surface area is 222 Å². The van der Waals surface area contributed by atoms with Crippen LogP contribution in [0, 0.1) is 0 Å². The number of amides is 1. The molecule has 4 aromatic carbocycles. The van der Waals surface area contributed by atoms with Crippen LogP contribution in [0.15, 0.2) is 145 Å². The van der Waals surface area contributed by atoms with Gasteiger partial charge in [-0.25, -0.2) is 4.99 Å². The first-order valence-corrected chi connectivity index (χ1v) is 12.4. The lowest BCUT2D eigenvalue weighted by Gasteiger charge is -2.27. The summed E-state index contributed by atoms with van der Waals surface area (Å²) in [5, 5.41) is 0. The maximum atomic E-state index is 14.1. The molecule has 5 rings (SSSR count). The maximum Gasteiger partial charge on any atom is 0.266 e. The van der Waals surface area contributed by atoms with Gasteiger partial charge in [0.15, 0.2) is 17.3 Å². The molecule has 1 aliphatic heterocycles. The fourth-order valence-corrected chi connectivity index (χ4v) is 4.64. The molecule has 0 atom stereocenters. The van der Waals surface area contributed by atoms with Crippen molar-refractivity contribution in [2.45, 2.75) is 12.1 Å². The topological polar surface area (TPSA) is 75.8 Å². The summed E-state index contributed by atoms with van der Waals surface area (Å²) in [5.41, 5.74) is 8.49. The predicted octanol–water partition coefficient (Wildman–Crippen LogP) is 5.64. The van der Waals surface area contributed by atoms with Crippen LogP contribution in [-0.4, -0.2) is 22.5 Å². The van der Waals surface area contributed by atoms with Crippen LogP contribution in [0.25, 0.3) is 0 Å². The summed E-state index contributed by atoms with van der Waals surface area (Å²) in [6.07, 6.45) is 0. The van der Waals surface area contributed by atoms with Crippen LogP contribution in [0.3, 0.4) is 0 Å². The molecule has 0 bridgehead atoms. The number of guanidine groups is 1. The molecule has 0 saturated carbocycles. The molecule has 1 amide bonds. The van der Waals surface area contributed by atoms with Crippen LogP contribution in [0.5, 0.6) is 0 Å². The molecule has 0 radical (unpaired) electrons. The molecule has 38 heavy (non-hydrogen) atoms. The van der Waals surface area contributed by atoms with Gasteiger partial charge >= 0.3 is 0 Å². The van der Waals surface area contributed by atoms with Crippen molar-refractivity contribution in [3.8, 4) is 0 Å². The van der Waals surface area contributed by atoms with E-state index >= 15 is 0 Å². The standard InChI is InChI=1S/C33H27N3O2/c34-32-35-33(28-19-10-6-11-20-28,29-21-12-7-13-22-29)31(38)36(32)24-25-15-14-18-27(23-25)30(37)26-16-8-4-2-1-3-5-9-17-26/h1-23H,24H2,(H2,34,35). The summed E-state index contributed by atoms with van der Waals surface area (Å²) in [6.45, 7) is 0.193. The van der Waals surface area contributed by atoms with Crippen LogP contribution >= 0.6 is 0 Å². The summed E-state index contributed by atoms with van der Waals surface area (Å²) < 4.78 is 0. The number of nitrogens with two attached hydrogens (primary N) is 1. The number of benzene rings is 3. The Morgan fingerprint density at radius 2 is 1.13 bits per heavy atom. The second kappa shape index (κ2) is 10.9. The minimum atomic E-state index is -1.26. The zero-order chi connectivity index (χ0) is 26.4. The fourth-order valence-electron chi connectivity index (χ4n) is 4.64. The highest BCUT2D eigenvalue weighted by Crippen LogP contribution is 2.40. The molecule has 2 N–H and O–H groups in total. The van der Waals surface area contributed by atoms with Gasteiger partial charge in [0, 0.05) is 11.1 Å². The Morgan fingerprint density at radius 3 is 1.71 bits per heavy atom. The normalized spacial score (nSPS) is 13.9. The number of hydrogen-bond donors (Lipinski definition) is 1. The molecule has 1 aliphatic rings. The molecule has 0 saturated heterocycles. The Morgan fingerprint density at radius 1 is 0.658 bits per heavy atom. The van der Waals surface area contributed by atoms with Gasteiger partial charge in [0.2, 0.25) is 0 Å². The molecule has 0 aliphatic carbocycles. The minimum Gasteiger partial charge on any atom is -0.369 e. The van der Waals surface area contributed by atoms with E-state index in [9.17, 15) is 9.59 Å². The lowest BCUT2D eigenvalue weighted by molar-refractivity contribution is -0.130. The van der Waals surface area contributed by atoms with E-state index in [4.69, 9.17) is 10.7 Å². The number of carbonyl (C=O) groups is 2. The first-order chi connectivity index (χ1) is 18.6. The van der Waals surface area contributed by atoms with Crippen molar-refractivity contribution in [3.05, 3.63) is 167 Å². The molecular formula is C33H27N3O2. The number of aliphatic imine (C=N–C) groups is 1. The third kappa shape index (κ3) is 4.82. The highest BCUT2D eigenvalue weighted by Gasteiger charge is 2.50. The SMILES string of the molecule is NC1=NC(c2ccccc2)(c2ccccc2)C(=O)N1Cc1cccc(C(=O)c2ccccccccc2)c1. The Balaban J connectivity index is 1.47. The first kappa shape index (κ1) is 24.7. The summed E-state index contributed by atoms with van der Waals surface area (Å²) >= 11 is 0. The van der Waals surface area contributed by atoms with Crippen molar-refractivity contribution in [2.75, 3.05) is 0 Å². The van der Waals surface area contributed by atoms with Crippen molar-refractivity contribution in [1.29, 1.82) is 0 Å². The van der Waals surface area contributed by atoms with E-state index < -0.39 is 5.54 Å². The number of hydrogen-bond acceptors (Lipinski definition) is 4. The van der Waals surface area contributed by atoms with Crippen molar-refractivity contribution < 1.29 is 9.59 Å². The summed E-state index contributed by atoms with van der Waals surface area (Å²) in [5.74, 6) is -0.197. The lowest BCUT2D eigenvalue weighted by atomic mass is 9.83. The van der Waals surface area contributed by atoms with Crippen molar-refractivity contribution in [1.82, 2.24) is 4.90 Å². The average Bonchev–Trinajstić information content (AvgIpc) is 3.22. The van der Waals surface area contributed by atoms with E-state index in [1.54, 1.807) is 24.3 Å². The predicted molar refractivity (Wildman–Crippen MR) is 150 cm³/mol. The van der Waals surface area contributed by atoms with E-state index in [-0.39, 0.29) is 24.2 Å². The van der Waals surface area contributed by atoms with Gasteiger partial charge in [0.1, 0.15) is 0 Å². The summed E-state index contributed by atoms with van der Waals surface area (Å²) in [4.78, 5) is 33.6. The Hall–Kier alpha value is -5.03. The van der Waals surface area contributed by atoms with Crippen molar-refractivity contribution in [3.63, 3.8) is 0 Å². The number of ketones is 1. The summed E-state index contributed by atoms with van der Waals surface area (Å²) in [6, 6.07) is 43.0. The lowest BCUT2D eigenvalue weighted by Crippen LogP contribution is -2.43.